The van der Waals surface area contributed by atoms with Crippen molar-refractivity contribution in [2.24, 2.45) is 5.92 Å². The van der Waals surface area contributed by atoms with Crippen molar-refractivity contribution in [2.75, 3.05) is 6.54 Å². The number of hydrogen-bond donors (Lipinski definition) is 0. The van der Waals surface area contributed by atoms with Crippen molar-refractivity contribution in [3.05, 3.63) is 0 Å². The van der Waals surface area contributed by atoms with Crippen molar-refractivity contribution >= 4 is 7.41 Å². The van der Waals surface area contributed by atoms with Gasteiger partial charge >= 0.3 is 0 Å². The van der Waals surface area contributed by atoms with Gasteiger partial charge in [-0.25, -0.2) is 0 Å². The lowest BCUT2D eigenvalue weighted by atomic mass is 9.70. The van der Waals surface area contributed by atoms with Crippen molar-refractivity contribution in [3.63, 3.8) is 0 Å². The number of nitrogens with zero attached hydrogens (tertiary/aromatic N) is 1. The van der Waals surface area contributed by atoms with Crippen LogP contribution in [0.2, 0.25) is 5.82 Å². The van der Waals surface area contributed by atoms with E-state index >= 15 is 0 Å². The van der Waals surface area contributed by atoms with E-state index in [0.29, 0.717) is 0 Å². The van der Waals surface area contributed by atoms with E-state index in [1.165, 1.54) is 25.8 Å². The summed E-state index contributed by atoms with van der Waals surface area (Å²) >= 11 is 0. The number of hydrogen-bond acceptors (Lipinski definition) is 1. The van der Waals surface area contributed by atoms with Crippen molar-refractivity contribution in [1.29, 1.82) is 0 Å². The quantitative estimate of drug-likeness (QED) is 0.603. The second-order valence-electron chi connectivity index (χ2n) is 4.63. The van der Waals surface area contributed by atoms with E-state index in [1.807, 2.05) is 0 Å². The average molecular weight is 180 g/mol. The third kappa shape index (κ3) is 3.01. The summed E-state index contributed by atoms with van der Waals surface area (Å²) in [4.78, 5) is 2.56. The molecule has 1 aliphatic heterocycles. The molecule has 1 heterocycles. The van der Waals surface area contributed by atoms with Gasteiger partial charge < -0.3 is 4.81 Å². The van der Waals surface area contributed by atoms with Crippen molar-refractivity contribution in [3.8, 4) is 0 Å². The van der Waals surface area contributed by atoms with Crippen LogP contribution in [0.5, 0.6) is 0 Å². The van der Waals surface area contributed by atoms with Crippen LogP contribution in [-0.4, -0.2) is 24.8 Å². The van der Waals surface area contributed by atoms with Gasteiger partial charge in [-0.05, 0) is 31.3 Å². The predicted octanol–water partition coefficient (Wildman–Crippen LogP) is 2.94. The molecule has 1 fully saturated rings. The molecular formula is C11H23BN. The normalized spacial score (nSPS) is 32.9. The van der Waals surface area contributed by atoms with Gasteiger partial charge in [0, 0.05) is 0 Å². The molecule has 1 aliphatic rings. The molecule has 1 nitrogen and oxygen atoms in total. The van der Waals surface area contributed by atoms with E-state index in [-0.39, 0.29) is 0 Å². The first-order chi connectivity index (χ1) is 6.15. The Morgan fingerprint density at radius 1 is 1.46 bits per heavy atom. The van der Waals surface area contributed by atoms with Gasteiger partial charge in [-0.15, -0.1) is 0 Å². The van der Waals surface area contributed by atoms with E-state index in [9.17, 15) is 0 Å². The van der Waals surface area contributed by atoms with Gasteiger partial charge in [0.1, 0.15) is 0 Å². The lowest BCUT2D eigenvalue weighted by Gasteiger charge is -2.39. The Morgan fingerprint density at radius 2 is 2.15 bits per heavy atom. The summed E-state index contributed by atoms with van der Waals surface area (Å²) in [5, 5.41) is 0. The van der Waals surface area contributed by atoms with Crippen LogP contribution in [0.25, 0.3) is 0 Å². The summed E-state index contributed by atoms with van der Waals surface area (Å²) in [7, 11) is 2.44. The topological polar surface area (TPSA) is 3.24 Å². The van der Waals surface area contributed by atoms with Crippen molar-refractivity contribution in [2.45, 2.75) is 58.8 Å². The molecule has 1 rings (SSSR count). The summed E-state index contributed by atoms with van der Waals surface area (Å²) in [6.45, 7) is 10.6. The van der Waals surface area contributed by atoms with Crippen LogP contribution in [-0.2, 0) is 0 Å². The molecule has 0 N–H and O–H groups in total. The summed E-state index contributed by atoms with van der Waals surface area (Å²) in [5.74, 6) is 1.61. The zero-order valence-electron chi connectivity index (χ0n) is 9.59. The molecule has 0 aromatic rings. The van der Waals surface area contributed by atoms with E-state index in [0.717, 1.165) is 17.8 Å². The molecule has 0 aromatic heterocycles. The van der Waals surface area contributed by atoms with Crippen LogP contribution >= 0.6 is 0 Å². The SMILES string of the molecule is CCC(C)[B]N1CCCC(C)C1C. The Bertz CT molecular complexity index is 149. The van der Waals surface area contributed by atoms with Gasteiger partial charge in [-0.2, -0.15) is 0 Å². The highest BCUT2D eigenvalue weighted by atomic mass is 15.1. The fourth-order valence-electron chi connectivity index (χ4n) is 2.01. The van der Waals surface area contributed by atoms with E-state index in [4.69, 9.17) is 0 Å². The summed E-state index contributed by atoms with van der Waals surface area (Å²) < 4.78 is 0. The lowest BCUT2D eigenvalue weighted by Crippen LogP contribution is -2.45. The third-order valence-corrected chi connectivity index (χ3v) is 3.51. The first kappa shape index (κ1) is 11.1. The van der Waals surface area contributed by atoms with Crippen LogP contribution < -0.4 is 0 Å². The zero-order chi connectivity index (χ0) is 9.84. The van der Waals surface area contributed by atoms with E-state index in [1.54, 1.807) is 0 Å². The van der Waals surface area contributed by atoms with Crippen LogP contribution in [0.1, 0.15) is 47.0 Å². The smallest absolute Gasteiger partial charge is 0.211 e. The highest BCUT2D eigenvalue weighted by Crippen LogP contribution is 2.24. The first-order valence-corrected chi connectivity index (χ1v) is 5.75. The van der Waals surface area contributed by atoms with Gasteiger partial charge in [-0.3, -0.25) is 0 Å². The predicted molar refractivity (Wildman–Crippen MR) is 60.0 cm³/mol. The molecule has 0 aliphatic carbocycles. The molecule has 0 bridgehead atoms. The molecule has 13 heavy (non-hydrogen) atoms. The second kappa shape index (κ2) is 5.04. The van der Waals surface area contributed by atoms with Gasteiger partial charge in [0.25, 0.3) is 0 Å². The van der Waals surface area contributed by atoms with E-state index in [2.05, 4.69) is 39.9 Å². The maximum absolute atomic E-state index is 2.56. The van der Waals surface area contributed by atoms with Gasteiger partial charge in [0.15, 0.2) is 0 Å². The molecule has 3 unspecified atom stereocenters. The Kier molecular flexibility index (Phi) is 4.31. The lowest BCUT2D eigenvalue weighted by molar-refractivity contribution is 0.202. The maximum atomic E-state index is 2.56. The first-order valence-electron chi connectivity index (χ1n) is 5.75. The molecule has 1 radical (unpaired) electrons. The van der Waals surface area contributed by atoms with Crippen molar-refractivity contribution in [1.82, 2.24) is 4.81 Å². The molecular weight excluding hydrogens is 157 g/mol. The second-order valence-corrected chi connectivity index (χ2v) is 4.63. The van der Waals surface area contributed by atoms with Gasteiger partial charge in [-0.1, -0.05) is 39.9 Å². The Hall–Kier alpha value is 0.0249. The zero-order valence-corrected chi connectivity index (χ0v) is 9.59. The largest absolute Gasteiger partial charge is 0.344 e. The minimum atomic E-state index is 0.743. The molecule has 0 spiro atoms. The maximum Gasteiger partial charge on any atom is 0.211 e. The molecule has 3 atom stereocenters. The highest BCUT2D eigenvalue weighted by Gasteiger charge is 2.25. The Balaban J connectivity index is 2.39. The molecule has 0 aromatic carbocycles. The van der Waals surface area contributed by atoms with Gasteiger partial charge in [0.05, 0.1) is 0 Å². The minimum Gasteiger partial charge on any atom is -0.344 e. The van der Waals surface area contributed by atoms with E-state index < -0.39 is 0 Å². The standard InChI is InChI=1S/C11H23BN/c1-5-10(3)12-13-8-6-7-9(2)11(13)4/h9-11H,5-8H2,1-4H3. The highest BCUT2D eigenvalue weighted by molar-refractivity contribution is 6.34. The van der Waals surface area contributed by atoms with Gasteiger partial charge in [0.2, 0.25) is 7.41 Å². The van der Waals surface area contributed by atoms with Crippen molar-refractivity contribution < 1.29 is 0 Å². The fraction of sp³-hybridized carbons (Fsp3) is 1.00. The van der Waals surface area contributed by atoms with Crippen LogP contribution in [0.4, 0.5) is 0 Å². The molecule has 2 heteroatoms. The number of rotatable bonds is 3. The monoisotopic (exact) mass is 180 g/mol. The molecule has 75 valence electrons. The Labute approximate surface area is 84.2 Å². The summed E-state index contributed by atoms with van der Waals surface area (Å²) in [6.07, 6.45) is 4.04. The average Bonchev–Trinajstić information content (AvgIpc) is 2.13. The summed E-state index contributed by atoms with van der Waals surface area (Å²) in [5.41, 5.74) is 0. The molecule has 0 saturated carbocycles. The minimum absolute atomic E-state index is 0.743. The fourth-order valence-corrected chi connectivity index (χ4v) is 2.01. The summed E-state index contributed by atoms with van der Waals surface area (Å²) in [6, 6.07) is 0.753. The molecule has 1 saturated heterocycles. The van der Waals surface area contributed by atoms with Crippen LogP contribution in [0.3, 0.4) is 0 Å². The van der Waals surface area contributed by atoms with Crippen LogP contribution in [0, 0.1) is 5.92 Å². The molecule has 0 amide bonds. The number of piperidine rings is 1. The Morgan fingerprint density at radius 3 is 2.77 bits per heavy atom. The van der Waals surface area contributed by atoms with Crippen LogP contribution in [0.15, 0.2) is 0 Å². The third-order valence-electron chi connectivity index (χ3n) is 3.51.